The Bertz CT molecular complexity index is 1140. The Balaban J connectivity index is 1.70. The predicted octanol–water partition coefficient (Wildman–Crippen LogP) is 2.44. The summed E-state index contributed by atoms with van der Waals surface area (Å²) in [4.78, 5) is 33.4. The molecule has 1 aliphatic heterocycles. The van der Waals surface area contributed by atoms with Crippen LogP contribution in [0.15, 0.2) is 24.4 Å². The van der Waals surface area contributed by atoms with Crippen molar-refractivity contribution in [2.75, 3.05) is 44.5 Å². The van der Waals surface area contributed by atoms with Crippen molar-refractivity contribution in [3.05, 3.63) is 35.8 Å². The molecule has 4 rings (SSSR count). The van der Waals surface area contributed by atoms with E-state index in [0.717, 1.165) is 6.07 Å². The molecule has 0 spiro atoms. The fourth-order valence-corrected chi connectivity index (χ4v) is 3.74. The summed E-state index contributed by atoms with van der Waals surface area (Å²) in [6.07, 6.45) is 1.56. The van der Waals surface area contributed by atoms with Gasteiger partial charge in [0.15, 0.2) is 22.5 Å². The molecule has 1 aromatic carbocycles. The highest BCUT2D eigenvalue weighted by Crippen LogP contribution is 2.30. The number of nitrogens with two attached hydrogens (primary N) is 1. The molecule has 1 atom stereocenters. The predicted molar refractivity (Wildman–Crippen MR) is 117 cm³/mol. The maximum absolute atomic E-state index is 14.7. The zero-order chi connectivity index (χ0) is 22.8. The number of carbonyl (C=O) groups is 1. The highest BCUT2D eigenvalue weighted by Gasteiger charge is 2.24. The third-order valence-corrected chi connectivity index (χ3v) is 5.58. The number of rotatable bonds is 5. The summed E-state index contributed by atoms with van der Waals surface area (Å²) in [5.41, 5.74) is 5.97. The molecule has 12 heteroatoms. The molecule has 0 unspecified atom stereocenters. The van der Waals surface area contributed by atoms with Gasteiger partial charge in [0.25, 0.3) is 5.91 Å². The van der Waals surface area contributed by atoms with Gasteiger partial charge in [0.05, 0.1) is 30.3 Å². The molecule has 168 valence electrons. The first-order valence-electron chi connectivity index (χ1n) is 9.83. The van der Waals surface area contributed by atoms with Gasteiger partial charge in [-0.05, 0) is 25.1 Å². The Morgan fingerprint density at radius 1 is 1.34 bits per heavy atom. The molecular weight excluding hydrogens is 437 g/mol. The molecule has 0 aliphatic carbocycles. The van der Waals surface area contributed by atoms with Gasteiger partial charge in [-0.1, -0.05) is 11.3 Å². The normalized spacial score (nSPS) is 16.1. The van der Waals surface area contributed by atoms with Crippen LogP contribution in [0.2, 0.25) is 0 Å². The Kier molecular flexibility index (Phi) is 6.15. The molecule has 10 nitrogen and oxygen atoms in total. The number of halogens is 1. The molecule has 3 aromatic rings. The van der Waals surface area contributed by atoms with Gasteiger partial charge in [-0.15, -0.1) is 0 Å². The third-order valence-electron chi connectivity index (χ3n) is 4.76. The maximum Gasteiger partial charge on any atom is 0.327 e. The van der Waals surface area contributed by atoms with Crippen LogP contribution in [0.25, 0.3) is 10.7 Å². The molecule has 2 aromatic heterocycles. The summed E-state index contributed by atoms with van der Waals surface area (Å²) in [5, 5.41) is 0.372. The second-order valence-corrected chi connectivity index (χ2v) is 8.43. The molecule has 2 N–H and O–H groups in total. The lowest BCUT2D eigenvalue weighted by molar-refractivity contribution is 0.0827. The first-order valence-corrected chi connectivity index (χ1v) is 10.6. The van der Waals surface area contributed by atoms with E-state index in [9.17, 15) is 9.18 Å². The summed E-state index contributed by atoms with van der Waals surface area (Å²) in [5.74, 6) is -0.431. The van der Waals surface area contributed by atoms with Gasteiger partial charge in [-0.3, -0.25) is 4.79 Å². The van der Waals surface area contributed by atoms with Crippen LogP contribution in [0, 0.1) is 5.82 Å². The van der Waals surface area contributed by atoms with Crippen molar-refractivity contribution in [3.8, 4) is 22.5 Å². The molecule has 1 fully saturated rings. The number of nitrogen functional groups attached to an aromatic ring is 1. The van der Waals surface area contributed by atoms with E-state index < -0.39 is 5.82 Å². The minimum atomic E-state index is -0.706. The average molecular weight is 460 g/mol. The number of aromatic nitrogens is 4. The first kappa shape index (κ1) is 21.8. The Hall–Kier alpha value is -3.38. The number of hydrogen-bond acceptors (Lipinski definition) is 10. The lowest BCUT2D eigenvalue weighted by Crippen LogP contribution is -2.44. The fraction of sp³-hybridized carbons (Fsp3) is 0.350. The van der Waals surface area contributed by atoms with Crippen molar-refractivity contribution in [1.29, 1.82) is 0 Å². The van der Waals surface area contributed by atoms with Crippen LogP contribution >= 0.6 is 11.3 Å². The number of benzene rings is 1. The number of amides is 1. The minimum Gasteiger partial charge on any atom is -0.421 e. The smallest absolute Gasteiger partial charge is 0.327 e. The highest BCUT2D eigenvalue weighted by atomic mass is 32.1. The number of thiazole rings is 1. The standard InChI is InChI=1S/C20H22FN7O3S/c1-11-10-30-7-6-28(11)19-24-16(15-9-23-18(22)32-15)25-20(26-19)31-14-5-4-12(8-13(14)21)17(29)27(2)3/h4-5,8-9,11H,6-7,10H2,1-3H3,(H2,22,23)/t11-/m0/s1. The van der Waals surface area contributed by atoms with Crippen molar-refractivity contribution < 1.29 is 18.7 Å². The summed E-state index contributed by atoms with van der Waals surface area (Å²) < 4.78 is 25.8. The lowest BCUT2D eigenvalue weighted by Gasteiger charge is -2.33. The average Bonchev–Trinajstić information content (AvgIpc) is 3.21. The molecule has 0 bridgehead atoms. The Morgan fingerprint density at radius 2 is 2.16 bits per heavy atom. The van der Waals surface area contributed by atoms with Gasteiger partial charge in [-0.25, -0.2) is 9.37 Å². The van der Waals surface area contributed by atoms with Crippen LogP contribution in [0.3, 0.4) is 0 Å². The van der Waals surface area contributed by atoms with E-state index in [0.29, 0.717) is 41.5 Å². The van der Waals surface area contributed by atoms with Crippen LogP contribution in [-0.4, -0.2) is 70.6 Å². The zero-order valence-corrected chi connectivity index (χ0v) is 18.6. The highest BCUT2D eigenvalue weighted by molar-refractivity contribution is 7.18. The Labute approximate surface area is 187 Å². The van der Waals surface area contributed by atoms with Gasteiger partial charge in [0.1, 0.15) is 0 Å². The summed E-state index contributed by atoms with van der Waals surface area (Å²) in [6, 6.07) is 3.93. The number of anilines is 2. The van der Waals surface area contributed by atoms with Gasteiger partial charge >= 0.3 is 6.01 Å². The number of carbonyl (C=O) groups excluding carboxylic acids is 1. The van der Waals surface area contributed by atoms with Crippen LogP contribution in [0.5, 0.6) is 11.8 Å². The van der Waals surface area contributed by atoms with Crippen molar-refractivity contribution in [2.24, 2.45) is 0 Å². The fourth-order valence-electron chi connectivity index (χ4n) is 3.12. The van der Waals surface area contributed by atoms with E-state index in [-0.39, 0.29) is 29.3 Å². The molecule has 32 heavy (non-hydrogen) atoms. The second kappa shape index (κ2) is 9.01. The van der Waals surface area contributed by atoms with E-state index >= 15 is 0 Å². The molecule has 1 aliphatic rings. The number of nitrogens with zero attached hydrogens (tertiary/aromatic N) is 6. The van der Waals surface area contributed by atoms with Crippen LogP contribution in [0.1, 0.15) is 17.3 Å². The maximum atomic E-state index is 14.7. The molecular formula is C20H22FN7O3S. The van der Waals surface area contributed by atoms with Gasteiger partial charge in [0.2, 0.25) is 5.95 Å². The first-order chi connectivity index (χ1) is 15.3. The zero-order valence-electron chi connectivity index (χ0n) is 17.8. The van der Waals surface area contributed by atoms with E-state index in [2.05, 4.69) is 19.9 Å². The van der Waals surface area contributed by atoms with E-state index in [1.807, 2.05) is 11.8 Å². The quantitative estimate of drug-likeness (QED) is 0.613. The lowest BCUT2D eigenvalue weighted by atomic mass is 10.2. The topological polar surface area (TPSA) is 120 Å². The van der Waals surface area contributed by atoms with Crippen LogP contribution in [-0.2, 0) is 4.74 Å². The molecule has 0 radical (unpaired) electrons. The van der Waals surface area contributed by atoms with E-state index in [1.165, 1.54) is 28.4 Å². The van der Waals surface area contributed by atoms with Gasteiger partial charge in [-0.2, -0.15) is 15.0 Å². The van der Waals surface area contributed by atoms with Crippen LogP contribution < -0.4 is 15.4 Å². The monoisotopic (exact) mass is 459 g/mol. The van der Waals surface area contributed by atoms with Crippen molar-refractivity contribution in [2.45, 2.75) is 13.0 Å². The van der Waals surface area contributed by atoms with E-state index in [1.54, 1.807) is 20.3 Å². The van der Waals surface area contributed by atoms with Crippen molar-refractivity contribution in [1.82, 2.24) is 24.8 Å². The van der Waals surface area contributed by atoms with Gasteiger partial charge < -0.3 is 25.0 Å². The molecule has 3 heterocycles. The second-order valence-electron chi connectivity index (χ2n) is 7.37. The molecule has 1 saturated heterocycles. The number of morpholine rings is 1. The Morgan fingerprint density at radius 3 is 2.81 bits per heavy atom. The van der Waals surface area contributed by atoms with Gasteiger partial charge in [0, 0.05) is 26.2 Å². The van der Waals surface area contributed by atoms with Crippen LogP contribution in [0.4, 0.5) is 15.5 Å². The SMILES string of the molecule is C[C@H]1COCCN1c1nc(Oc2ccc(C(=O)N(C)C)cc2F)nc(-c2cnc(N)s2)n1. The third kappa shape index (κ3) is 4.60. The largest absolute Gasteiger partial charge is 0.421 e. The van der Waals surface area contributed by atoms with Crippen molar-refractivity contribution in [3.63, 3.8) is 0 Å². The molecule has 1 amide bonds. The minimum absolute atomic E-state index is 0.0337. The van der Waals surface area contributed by atoms with E-state index in [4.69, 9.17) is 15.2 Å². The number of hydrogen-bond donors (Lipinski definition) is 1. The number of ether oxygens (including phenoxy) is 2. The summed E-state index contributed by atoms with van der Waals surface area (Å²) in [6.45, 7) is 3.64. The molecule has 0 saturated carbocycles. The van der Waals surface area contributed by atoms with Crippen molar-refractivity contribution >= 4 is 28.3 Å². The summed E-state index contributed by atoms with van der Waals surface area (Å²) >= 11 is 1.22. The summed E-state index contributed by atoms with van der Waals surface area (Å²) in [7, 11) is 3.19.